The van der Waals surface area contributed by atoms with Crippen LogP contribution in [0.4, 0.5) is 0 Å². The van der Waals surface area contributed by atoms with Crippen LogP contribution in [0.25, 0.3) is 5.65 Å². The van der Waals surface area contributed by atoms with Gasteiger partial charge >= 0.3 is 0 Å². The second kappa shape index (κ2) is 7.60. The molecule has 0 spiro atoms. The standard InChI is InChI=1S/C16H23N3.C2H6/c1-3-13-11-16-17-7-10-19(16)12-15(13)14-5-8-18(4-2)9-6-14;1-2/h7,10-12,14H,3-6,8-9H2,1-2H3;1-2H3. The fraction of sp³-hybridized carbons (Fsp3) is 0.611. The SMILES string of the molecule is CC.CCc1cc2nccn2cc1C1CCN(CC)CC1. The van der Waals surface area contributed by atoms with Crippen LogP contribution >= 0.6 is 0 Å². The Bertz CT molecular complexity index is 551. The fourth-order valence-electron chi connectivity index (χ4n) is 3.25. The third-order valence-corrected chi connectivity index (χ3v) is 4.51. The molecule has 0 aliphatic carbocycles. The topological polar surface area (TPSA) is 20.5 Å². The van der Waals surface area contributed by atoms with Crippen LogP contribution in [0, 0.1) is 0 Å². The predicted octanol–water partition coefficient (Wildman–Crippen LogP) is 4.12. The van der Waals surface area contributed by atoms with Crippen molar-refractivity contribution in [2.24, 2.45) is 0 Å². The van der Waals surface area contributed by atoms with Crippen molar-refractivity contribution in [2.45, 2.75) is 52.9 Å². The molecule has 3 rings (SSSR count). The summed E-state index contributed by atoms with van der Waals surface area (Å²) in [5.41, 5.74) is 4.10. The summed E-state index contributed by atoms with van der Waals surface area (Å²) in [4.78, 5) is 6.95. The Labute approximate surface area is 129 Å². The van der Waals surface area contributed by atoms with Gasteiger partial charge < -0.3 is 9.30 Å². The third-order valence-electron chi connectivity index (χ3n) is 4.51. The second-order valence-electron chi connectivity index (χ2n) is 5.51. The van der Waals surface area contributed by atoms with E-state index < -0.39 is 0 Å². The minimum atomic E-state index is 0.726. The number of piperidine rings is 1. The molecule has 0 amide bonds. The number of fused-ring (bicyclic) bond motifs is 1. The van der Waals surface area contributed by atoms with Crippen LogP contribution in [-0.2, 0) is 6.42 Å². The molecule has 3 heteroatoms. The van der Waals surface area contributed by atoms with Gasteiger partial charge in [0, 0.05) is 18.6 Å². The van der Waals surface area contributed by atoms with E-state index in [1.54, 1.807) is 5.56 Å². The van der Waals surface area contributed by atoms with Crippen LogP contribution < -0.4 is 0 Å². The summed E-state index contributed by atoms with van der Waals surface area (Å²) >= 11 is 0. The Balaban J connectivity index is 0.000000774. The summed E-state index contributed by atoms with van der Waals surface area (Å²) < 4.78 is 2.17. The molecule has 0 unspecified atom stereocenters. The van der Waals surface area contributed by atoms with Crippen molar-refractivity contribution in [2.75, 3.05) is 19.6 Å². The highest BCUT2D eigenvalue weighted by atomic mass is 15.1. The molecule has 1 fully saturated rings. The van der Waals surface area contributed by atoms with Gasteiger partial charge in [0.1, 0.15) is 5.65 Å². The molecule has 0 bridgehead atoms. The van der Waals surface area contributed by atoms with Crippen molar-refractivity contribution in [1.82, 2.24) is 14.3 Å². The molecule has 1 aliphatic heterocycles. The summed E-state index contributed by atoms with van der Waals surface area (Å²) in [6.45, 7) is 12.2. The van der Waals surface area contributed by atoms with E-state index in [9.17, 15) is 0 Å². The number of aryl methyl sites for hydroxylation is 1. The summed E-state index contributed by atoms with van der Waals surface area (Å²) in [6, 6.07) is 2.27. The van der Waals surface area contributed by atoms with E-state index in [4.69, 9.17) is 0 Å². The van der Waals surface area contributed by atoms with Gasteiger partial charge in [-0.15, -0.1) is 0 Å². The Hall–Kier alpha value is -1.35. The van der Waals surface area contributed by atoms with Gasteiger partial charge in [-0.1, -0.05) is 27.7 Å². The number of nitrogens with zero attached hydrogens (tertiary/aromatic N) is 3. The highest BCUT2D eigenvalue weighted by Gasteiger charge is 2.22. The number of pyridine rings is 1. The lowest BCUT2D eigenvalue weighted by Gasteiger charge is -2.32. The first-order chi connectivity index (χ1) is 10.3. The minimum Gasteiger partial charge on any atom is -0.307 e. The van der Waals surface area contributed by atoms with Gasteiger partial charge in [0.15, 0.2) is 0 Å². The normalized spacial score (nSPS) is 16.8. The van der Waals surface area contributed by atoms with Crippen molar-refractivity contribution in [3.05, 3.63) is 35.8 Å². The zero-order chi connectivity index (χ0) is 15.2. The number of hydrogen-bond acceptors (Lipinski definition) is 2. The number of hydrogen-bond donors (Lipinski definition) is 0. The number of likely N-dealkylation sites (tertiary alicyclic amines) is 1. The summed E-state index contributed by atoms with van der Waals surface area (Å²) in [6.07, 6.45) is 9.94. The number of imidazole rings is 1. The Morgan fingerprint density at radius 2 is 1.90 bits per heavy atom. The monoisotopic (exact) mass is 287 g/mol. The van der Waals surface area contributed by atoms with E-state index >= 15 is 0 Å². The van der Waals surface area contributed by atoms with Crippen LogP contribution in [0.5, 0.6) is 0 Å². The molecule has 0 saturated carbocycles. The smallest absolute Gasteiger partial charge is 0.136 e. The predicted molar refractivity (Wildman–Crippen MR) is 90.0 cm³/mol. The van der Waals surface area contributed by atoms with Crippen LogP contribution in [0.1, 0.15) is 57.6 Å². The molecule has 3 nitrogen and oxygen atoms in total. The maximum Gasteiger partial charge on any atom is 0.136 e. The van der Waals surface area contributed by atoms with Gasteiger partial charge in [-0.25, -0.2) is 4.98 Å². The van der Waals surface area contributed by atoms with E-state index in [0.717, 1.165) is 18.0 Å². The average Bonchev–Trinajstić information content (AvgIpc) is 3.03. The zero-order valence-corrected chi connectivity index (χ0v) is 14.0. The fourth-order valence-corrected chi connectivity index (χ4v) is 3.25. The number of aromatic nitrogens is 2. The third kappa shape index (κ3) is 3.46. The lowest BCUT2D eigenvalue weighted by molar-refractivity contribution is 0.222. The van der Waals surface area contributed by atoms with Crippen LogP contribution in [0.15, 0.2) is 24.7 Å². The van der Waals surface area contributed by atoms with Crippen molar-refractivity contribution in [3.8, 4) is 0 Å². The summed E-state index contributed by atoms with van der Waals surface area (Å²) in [5.74, 6) is 0.726. The first-order valence-corrected chi connectivity index (χ1v) is 8.49. The molecule has 21 heavy (non-hydrogen) atoms. The Morgan fingerprint density at radius 1 is 1.19 bits per heavy atom. The van der Waals surface area contributed by atoms with E-state index in [1.165, 1.54) is 38.0 Å². The van der Waals surface area contributed by atoms with E-state index in [1.807, 2.05) is 20.0 Å². The highest BCUT2D eigenvalue weighted by Crippen LogP contribution is 2.31. The Morgan fingerprint density at radius 3 is 2.52 bits per heavy atom. The van der Waals surface area contributed by atoms with E-state index in [0.29, 0.717) is 0 Å². The first-order valence-electron chi connectivity index (χ1n) is 8.49. The molecule has 1 saturated heterocycles. The molecule has 0 aromatic carbocycles. The molecular formula is C18H29N3. The highest BCUT2D eigenvalue weighted by molar-refractivity contribution is 5.45. The maximum atomic E-state index is 4.39. The molecule has 0 radical (unpaired) electrons. The molecule has 0 atom stereocenters. The Kier molecular flexibility index (Phi) is 5.80. The molecule has 116 valence electrons. The molecule has 1 aliphatic rings. The van der Waals surface area contributed by atoms with Crippen molar-refractivity contribution in [3.63, 3.8) is 0 Å². The van der Waals surface area contributed by atoms with Crippen LogP contribution in [0.3, 0.4) is 0 Å². The summed E-state index contributed by atoms with van der Waals surface area (Å²) in [5, 5.41) is 0. The van der Waals surface area contributed by atoms with Crippen molar-refractivity contribution < 1.29 is 0 Å². The first kappa shape index (κ1) is 16.0. The molecule has 2 aromatic heterocycles. The second-order valence-corrected chi connectivity index (χ2v) is 5.51. The van der Waals surface area contributed by atoms with E-state index in [2.05, 4.69) is 46.6 Å². The van der Waals surface area contributed by atoms with Crippen LogP contribution in [-0.4, -0.2) is 33.9 Å². The summed E-state index contributed by atoms with van der Waals surface area (Å²) in [7, 11) is 0. The number of rotatable bonds is 3. The van der Waals surface area contributed by atoms with Gasteiger partial charge in [0.25, 0.3) is 0 Å². The minimum absolute atomic E-state index is 0.726. The van der Waals surface area contributed by atoms with Gasteiger partial charge in [0.2, 0.25) is 0 Å². The van der Waals surface area contributed by atoms with Crippen molar-refractivity contribution in [1.29, 1.82) is 0 Å². The zero-order valence-electron chi connectivity index (χ0n) is 14.0. The van der Waals surface area contributed by atoms with Gasteiger partial charge in [0.05, 0.1) is 0 Å². The van der Waals surface area contributed by atoms with Gasteiger partial charge in [-0.05, 0) is 62.0 Å². The molecule has 2 aromatic rings. The molecule has 0 N–H and O–H groups in total. The van der Waals surface area contributed by atoms with Gasteiger partial charge in [-0.3, -0.25) is 0 Å². The molecule has 3 heterocycles. The quantitative estimate of drug-likeness (QED) is 0.846. The average molecular weight is 287 g/mol. The molecular weight excluding hydrogens is 258 g/mol. The van der Waals surface area contributed by atoms with Crippen LogP contribution in [0.2, 0.25) is 0 Å². The maximum absolute atomic E-state index is 4.39. The lowest BCUT2D eigenvalue weighted by atomic mass is 9.87. The largest absolute Gasteiger partial charge is 0.307 e. The lowest BCUT2D eigenvalue weighted by Crippen LogP contribution is -2.32. The van der Waals surface area contributed by atoms with Gasteiger partial charge in [-0.2, -0.15) is 0 Å². The van der Waals surface area contributed by atoms with Crippen molar-refractivity contribution >= 4 is 5.65 Å². The van der Waals surface area contributed by atoms with E-state index in [-0.39, 0.29) is 0 Å².